The highest BCUT2D eigenvalue weighted by atomic mass is 16.2. The fraction of sp³-hybridized carbons (Fsp3) is 0.923. The topological polar surface area (TPSA) is 38.0 Å². The number of piperazine rings is 1. The normalized spacial score (nSPS) is 31.1. The van der Waals surface area contributed by atoms with Gasteiger partial charge in [0, 0.05) is 6.04 Å². The van der Waals surface area contributed by atoms with E-state index in [-0.39, 0.29) is 5.91 Å². The van der Waals surface area contributed by atoms with E-state index in [2.05, 4.69) is 12.4 Å². The second kappa shape index (κ2) is 6.36. The van der Waals surface area contributed by atoms with Crippen LogP contribution >= 0.6 is 0 Å². The molecule has 1 aliphatic carbocycles. The molecule has 98 valence electrons. The maximum atomic E-state index is 11.9. The summed E-state index contributed by atoms with van der Waals surface area (Å²) in [6.45, 7) is 5.37. The van der Waals surface area contributed by atoms with Gasteiger partial charge in [0.15, 0.2) is 6.54 Å². The average molecular weight is 241 g/mol. The van der Waals surface area contributed by atoms with Crippen LogP contribution in [0.25, 0.3) is 0 Å². The van der Waals surface area contributed by atoms with Crippen LogP contribution in [-0.4, -0.2) is 51.7 Å². The zero-order chi connectivity index (χ0) is 12.1. The van der Waals surface area contributed by atoms with Crippen molar-refractivity contribution in [3.05, 3.63) is 0 Å². The van der Waals surface area contributed by atoms with Gasteiger partial charge in [0.25, 0.3) is 5.91 Å². The minimum absolute atomic E-state index is 0.270. The van der Waals surface area contributed by atoms with Crippen LogP contribution in [0.5, 0.6) is 0 Å². The van der Waals surface area contributed by atoms with Crippen molar-refractivity contribution in [3.63, 3.8) is 0 Å². The van der Waals surface area contributed by atoms with Gasteiger partial charge >= 0.3 is 0 Å². The molecule has 0 aromatic rings. The summed E-state index contributed by atoms with van der Waals surface area (Å²) in [7, 11) is 2.23. The number of amides is 1. The largest absolute Gasteiger partial charge is 0.348 e. The van der Waals surface area contributed by atoms with Crippen LogP contribution in [0.1, 0.15) is 32.1 Å². The van der Waals surface area contributed by atoms with E-state index in [0.29, 0.717) is 12.6 Å². The highest BCUT2D eigenvalue weighted by molar-refractivity contribution is 5.77. The van der Waals surface area contributed by atoms with Gasteiger partial charge in [0.2, 0.25) is 0 Å². The molecule has 2 fully saturated rings. The zero-order valence-electron chi connectivity index (χ0n) is 11.1. The van der Waals surface area contributed by atoms with Crippen molar-refractivity contribution in [2.24, 2.45) is 0 Å². The minimum atomic E-state index is 0.270. The number of carbonyl (C=O) groups excluding carboxylic acids is 1. The summed E-state index contributed by atoms with van der Waals surface area (Å²) in [5, 5.41) is 3.21. The number of carbonyl (C=O) groups is 1. The van der Waals surface area contributed by atoms with Gasteiger partial charge in [-0.15, -0.1) is 0 Å². The fourth-order valence-electron chi connectivity index (χ4n) is 2.96. The molecule has 0 aromatic heterocycles. The highest BCUT2D eigenvalue weighted by Gasteiger charge is 2.23. The van der Waals surface area contributed by atoms with Gasteiger partial charge in [-0.2, -0.15) is 0 Å². The summed E-state index contributed by atoms with van der Waals surface area (Å²) in [6.07, 6.45) is 6.30. The second-order valence-electron chi connectivity index (χ2n) is 5.79. The van der Waals surface area contributed by atoms with Crippen molar-refractivity contribution >= 4 is 5.91 Å². The van der Waals surface area contributed by atoms with Crippen molar-refractivity contribution in [2.45, 2.75) is 38.1 Å². The first-order valence-corrected chi connectivity index (χ1v) is 7.18. The van der Waals surface area contributed by atoms with Crippen LogP contribution in [0.3, 0.4) is 0 Å². The van der Waals surface area contributed by atoms with E-state index in [4.69, 9.17) is 0 Å². The van der Waals surface area contributed by atoms with E-state index in [1.165, 1.54) is 50.1 Å². The smallest absolute Gasteiger partial charge is 0.275 e. The van der Waals surface area contributed by atoms with Crippen LogP contribution in [0.4, 0.5) is 0 Å². The lowest BCUT2D eigenvalue weighted by atomic mass is 9.95. The highest BCUT2D eigenvalue weighted by Crippen LogP contribution is 2.16. The molecule has 0 radical (unpaired) electrons. The lowest BCUT2D eigenvalue weighted by Gasteiger charge is -2.28. The van der Waals surface area contributed by atoms with E-state index in [9.17, 15) is 4.79 Å². The first-order chi connectivity index (χ1) is 8.24. The third-order valence-corrected chi connectivity index (χ3v) is 4.19. The van der Waals surface area contributed by atoms with Crippen LogP contribution in [0.2, 0.25) is 0 Å². The van der Waals surface area contributed by atoms with Gasteiger partial charge in [0.05, 0.1) is 7.05 Å². The van der Waals surface area contributed by atoms with Gasteiger partial charge < -0.3 is 15.1 Å². The Labute approximate surface area is 104 Å². The van der Waals surface area contributed by atoms with Crippen molar-refractivity contribution in [1.29, 1.82) is 0 Å². The fourth-order valence-corrected chi connectivity index (χ4v) is 2.96. The zero-order valence-corrected chi connectivity index (χ0v) is 11.1. The molecule has 17 heavy (non-hydrogen) atoms. The van der Waals surface area contributed by atoms with Crippen molar-refractivity contribution < 1.29 is 14.6 Å². The molecular weight excluding hydrogens is 214 g/mol. The monoisotopic (exact) mass is 241 g/mol. The molecule has 0 spiro atoms. The Morgan fingerprint density at radius 3 is 2.41 bits per heavy atom. The van der Waals surface area contributed by atoms with Crippen LogP contribution in [0.15, 0.2) is 0 Å². The molecule has 1 amide bonds. The molecule has 4 nitrogen and oxygen atoms in total. The van der Waals surface area contributed by atoms with Gasteiger partial charge in [-0.25, -0.2) is 0 Å². The minimum Gasteiger partial charge on any atom is -0.348 e. The average Bonchev–Trinajstić information content (AvgIpc) is 2.33. The summed E-state index contributed by atoms with van der Waals surface area (Å²) in [5.41, 5.74) is 0. The molecule has 1 aliphatic heterocycles. The molecule has 0 unspecified atom stereocenters. The molecule has 0 aromatic carbocycles. The Morgan fingerprint density at radius 1 is 1.12 bits per heavy atom. The summed E-state index contributed by atoms with van der Waals surface area (Å²) in [6, 6.07) is 0.466. The number of hydrogen-bond donors (Lipinski definition) is 3. The summed E-state index contributed by atoms with van der Waals surface area (Å²) in [5.74, 6) is 0.270. The number of likely N-dealkylation sites (N-methyl/N-ethyl adjacent to an activating group) is 1. The number of hydrogen-bond acceptors (Lipinski definition) is 1. The van der Waals surface area contributed by atoms with Gasteiger partial charge in [-0.1, -0.05) is 19.3 Å². The Hall–Kier alpha value is -0.610. The van der Waals surface area contributed by atoms with Gasteiger partial charge in [-0.3, -0.25) is 4.79 Å². The summed E-state index contributed by atoms with van der Waals surface area (Å²) >= 11 is 0. The van der Waals surface area contributed by atoms with Crippen LogP contribution < -0.4 is 15.1 Å². The third kappa shape index (κ3) is 4.28. The van der Waals surface area contributed by atoms with E-state index in [0.717, 1.165) is 13.1 Å². The first kappa shape index (κ1) is 12.8. The molecular formula is C13H27N3O+2. The van der Waals surface area contributed by atoms with Gasteiger partial charge in [0.1, 0.15) is 26.2 Å². The number of quaternary nitrogens is 2. The molecule has 1 saturated carbocycles. The lowest BCUT2D eigenvalue weighted by Crippen LogP contribution is -3.27. The van der Waals surface area contributed by atoms with E-state index in [1.807, 2.05) is 0 Å². The molecule has 2 aliphatic rings. The van der Waals surface area contributed by atoms with E-state index < -0.39 is 0 Å². The molecule has 3 N–H and O–H groups in total. The Balaban J connectivity index is 1.66. The summed E-state index contributed by atoms with van der Waals surface area (Å²) in [4.78, 5) is 15.0. The quantitative estimate of drug-likeness (QED) is 0.518. The number of rotatable bonds is 3. The maximum absolute atomic E-state index is 11.9. The summed E-state index contributed by atoms with van der Waals surface area (Å²) < 4.78 is 0. The maximum Gasteiger partial charge on any atom is 0.275 e. The molecule has 4 heteroatoms. The molecule has 0 atom stereocenters. The van der Waals surface area contributed by atoms with Crippen molar-refractivity contribution in [2.75, 3.05) is 39.8 Å². The molecule has 0 bridgehead atoms. The second-order valence-corrected chi connectivity index (χ2v) is 5.79. The van der Waals surface area contributed by atoms with Crippen LogP contribution in [0, 0.1) is 0 Å². The molecule has 1 saturated heterocycles. The van der Waals surface area contributed by atoms with E-state index in [1.54, 1.807) is 4.90 Å². The first-order valence-electron chi connectivity index (χ1n) is 7.18. The molecule has 2 rings (SSSR count). The standard InChI is InChI=1S/C13H25N3O/c1-15-7-9-16(10-8-15)11-13(17)14-12-5-3-2-4-6-12/h12H,2-11H2,1H3,(H,14,17)/p+2. The molecule has 1 heterocycles. The number of nitrogens with one attached hydrogen (secondary N) is 3. The Kier molecular flexibility index (Phi) is 4.80. The van der Waals surface area contributed by atoms with Gasteiger partial charge in [-0.05, 0) is 12.8 Å². The third-order valence-electron chi connectivity index (χ3n) is 4.19. The predicted octanol–water partition coefficient (Wildman–Crippen LogP) is -2.15. The Morgan fingerprint density at radius 2 is 1.76 bits per heavy atom. The van der Waals surface area contributed by atoms with Crippen LogP contribution in [-0.2, 0) is 4.79 Å². The lowest BCUT2D eigenvalue weighted by molar-refractivity contribution is -1.000. The van der Waals surface area contributed by atoms with Crippen molar-refractivity contribution in [1.82, 2.24) is 5.32 Å². The van der Waals surface area contributed by atoms with Crippen molar-refractivity contribution in [3.8, 4) is 0 Å². The Bertz CT molecular complexity index is 243. The predicted molar refractivity (Wildman–Crippen MR) is 67.2 cm³/mol. The SMILES string of the molecule is C[NH+]1CC[NH+](CC(=O)NC2CCCCC2)CC1. The van der Waals surface area contributed by atoms with E-state index >= 15 is 0 Å².